The van der Waals surface area contributed by atoms with Gasteiger partial charge in [0, 0.05) is 25.5 Å². The van der Waals surface area contributed by atoms with Crippen molar-refractivity contribution in [2.24, 2.45) is 0 Å². The first kappa shape index (κ1) is 35.1. The molecule has 41 heavy (non-hydrogen) atoms. The number of urea groups is 1. The van der Waals surface area contributed by atoms with E-state index in [2.05, 4.69) is 54.5 Å². The second-order valence-electron chi connectivity index (χ2n) is 11.0. The fourth-order valence-corrected chi connectivity index (χ4v) is 5.85. The minimum Gasteiger partial charge on any atom is -0.494 e. The van der Waals surface area contributed by atoms with E-state index in [1.165, 1.54) is 81.1 Å². The Balaban J connectivity index is 0.00000588. The molecule has 5 nitrogen and oxygen atoms in total. The normalized spacial score (nSPS) is 12.6. The van der Waals surface area contributed by atoms with Crippen LogP contribution in [0.5, 0.6) is 5.75 Å². The highest BCUT2D eigenvalue weighted by molar-refractivity contribution is 8.93. The van der Waals surface area contributed by atoms with E-state index in [1.807, 2.05) is 36.0 Å². The molecule has 3 rings (SSSR count). The molecule has 228 valence electrons. The minimum absolute atomic E-state index is 0. The number of nitrogens with one attached hydrogen (secondary N) is 1. The van der Waals surface area contributed by atoms with Crippen LogP contribution in [-0.2, 0) is 13.1 Å². The van der Waals surface area contributed by atoms with Gasteiger partial charge in [-0.3, -0.25) is 4.90 Å². The van der Waals surface area contributed by atoms with Gasteiger partial charge in [-0.05, 0) is 53.6 Å². The Morgan fingerprint density at radius 2 is 1.54 bits per heavy atom. The molecule has 0 radical (unpaired) electrons. The molecule has 0 unspecified atom stereocenters. The van der Waals surface area contributed by atoms with E-state index in [4.69, 9.17) is 4.74 Å². The Morgan fingerprint density at radius 3 is 2.12 bits per heavy atom. The average molecular weight is 647 g/mol. The van der Waals surface area contributed by atoms with E-state index in [-0.39, 0.29) is 23.0 Å². The van der Waals surface area contributed by atoms with Crippen LogP contribution in [0.2, 0.25) is 0 Å². The zero-order valence-electron chi connectivity index (χ0n) is 25.5. The zero-order valence-corrected chi connectivity index (χ0v) is 28.1. The van der Waals surface area contributed by atoms with Gasteiger partial charge in [-0.1, -0.05) is 102 Å². The second-order valence-corrected chi connectivity index (χ2v) is 12.1. The molecule has 2 amide bonds. The van der Waals surface area contributed by atoms with Crippen molar-refractivity contribution in [2.75, 3.05) is 24.4 Å². The van der Waals surface area contributed by atoms with Crippen LogP contribution in [-0.4, -0.2) is 30.5 Å². The van der Waals surface area contributed by atoms with Gasteiger partial charge in [-0.25, -0.2) is 4.79 Å². The maximum Gasteiger partial charge on any atom is 0.321 e. The summed E-state index contributed by atoms with van der Waals surface area (Å²) in [5, 5.41) is 2.80. The van der Waals surface area contributed by atoms with Crippen molar-refractivity contribution in [3.63, 3.8) is 0 Å². The van der Waals surface area contributed by atoms with Gasteiger partial charge < -0.3 is 15.0 Å². The van der Waals surface area contributed by atoms with Crippen molar-refractivity contribution < 1.29 is 9.53 Å². The van der Waals surface area contributed by atoms with Gasteiger partial charge in [-0.2, -0.15) is 0 Å². The van der Waals surface area contributed by atoms with Gasteiger partial charge in [0.2, 0.25) is 0 Å². The highest BCUT2D eigenvalue weighted by Gasteiger charge is 2.17. The van der Waals surface area contributed by atoms with Crippen molar-refractivity contribution in [1.82, 2.24) is 10.2 Å². The number of benzene rings is 2. The van der Waals surface area contributed by atoms with Gasteiger partial charge >= 0.3 is 6.03 Å². The minimum atomic E-state index is -0.114. The van der Waals surface area contributed by atoms with E-state index in [0.29, 0.717) is 6.54 Å². The highest BCUT2D eigenvalue weighted by Crippen LogP contribution is 2.27. The van der Waals surface area contributed by atoms with Gasteiger partial charge in [0.15, 0.2) is 0 Å². The third kappa shape index (κ3) is 13.6. The summed E-state index contributed by atoms with van der Waals surface area (Å²) in [5.41, 5.74) is 3.16. The smallest absolute Gasteiger partial charge is 0.321 e. The summed E-state index contributed by atoms with van der Waals surface area (Å²) in [4.78, 5) is 18.2. The molecular weight excluding hydrogens is 594 g/mol. The predicted octanol–water partition coefficient (Wildman–Crippen LogP) is 10.1. The molecule has 7 heteroatoms. The number of amides is 2. The third-order valence-electron chi connectivity index (χ3n) is 7.42. The summed E-state index contributed by atoms with van der Waals surface area (Å²) in [6, 6.07) is 16.3. The molecule has 0 fully saturated rings. The van der Waals surface area contributed by atoms with Gasteiger partial charge in [0.25, 0.3) is 0 Å². The molecule has 0 aliphatic carbocycles. The Hall–Kier alpha value is -2.12. The molecule has 1 aliphatic rings. The Labute approximate surface area is 264 Å². The van der Waals surface area contributed by atoms with E-state index in [1.54, 1.807) is 11.9 Å². The number of allylic oxidation sites excluding steroid dienone is 1. The second kappa shape index (κ2) is 20.7. The number of carbonyl (C=O) groups is 1. The first-order valence-corrected chi connectivity index (χ1v) is 16.4. The zero-order chi connectivity index (χ0) is 28.4. The highest BCUT2D eigenvalue weighted by atomic mass is 79.9. The van der Waals surface area contributed by atoms with Gasteiger partial charge in [-0.15, -0.1) is 28.7 Å². The largest absolute Gasteiger partial charge is 0.494 e. The fraction of sp³-hybridized carbons (Fsp3) is 0.559. The van der Waals surface area contributed by atoms with Crippen molar-refractivity contribution in [3.05, 3.63) is 70.8 Å². The summed E-state index contributed by atoms with van der Waals surface area (Å²) < 4.78 is 5.99. The van der Waals surface area contributed by atoms with E-state index in [9.17, 15) is 4.79 Å². The summed E-state index contributed by atoms with van der Waals surface area (Å²) in [5.74, 6) is 1.87. The Morgan fingerprint density at radius 1 is 0.902 bits per heavy atom. The van der Waals surface area contributed by atoms with Crippen LogP contribution < -0.4 is 15.0 Å². The molecule has 0 bridgehead atoms. The molecule has 1 aliphatic heterocycles. The van der Waals surface area contributed by atoms with Crippen molar-refractivity contribution in [2.45, 2.75) is 104 Å². The number of carbonyl (C=O) groups excluding carboxylic acids is 1. The quantitative estimate of drug-likeness (QED) is 0.154. The van der Waals surface area contributed by atoms with Gasteiger partial charge in [0.1, 0.15) is 5.75 Å². The number of ether oxygens (including phenoxy) is 1. The molecule has 2 aromatic carbocycles. The van der Waals surface area contributed by atoms with Crippen LogP contribution in [0.4, 0.5) is 10.5 Å². The number of rotatable bonds is 19. The van der Waals surface area contributed by atoms with E-state index in [0.717, 1.165) is 42.4 Å². The lowest BCUT2D eigenvalue weighted by molar-refractivity contribution is 0.248. The number of hydrogen-bond donors (Lipinski definition) is 1. The van der Waals surface area contributed by atoms with Crippen LogP contribution in [0.3, 0.4) is 0 Å². The summed E-state index contributed by atoms with van der Waals surface area (Å²) in [6.07, 6.45) is 18.4. The van der Waals surface area contributed by atoms with Crippen LogP contribution in [0.25, 0.3) is 0 Å². The summed E-state index contributed by atoms with van der Waals surface area (Å²) in [7, 11) is 1.68. The number of anilines is 1. The third-order valence-corrected chi connectivity index (χ3v) is 8.44. The molecule has 0 atom stereocenters. The maximum atomic E-state index is 12.8. The fourth-order valence-electron chi connectivity index (χ4n) is 5.09. The average Bonchev–Trinajstić information content (AvgIpc) is 3.38. The van der Waals surface area contributed by atoms with E-state index >= 15 is 0 Å². The van der Waals surface area contributed by atoms with Crippen molar-refractivity contribution in [1.29, 1.82) is 0 Å². The monoisotopic (exact) mass is 645 g/mol. The standard InChI is InChI=1S/C34H51N3O2S.BrH/c1-4-5-6-7-8-9-10-11-12-13-14-15-23-39-33-21-19-30(20-22-33)27-37(34(38)35-3)32-18-16-17-31(24-32)26-36-25-29(2)40-28-36;/h16-22,24-25H,4-15,23,26-28H2,1-3H3,(H,35,38);1H. The lowest BCUT2D eigenvalue weighted by Gasteiger charge is -2.24. The van der Waals surface area contributed by atoms with Crippen LogP contribution in [0, 0.1) is 0 Å². The first-order chi connectivity index (χ1) is 19.6. The summed E-state index contributed by atoms with van der Waals surface area (Å²) >= 11 is 1.86. The predicted molar refractivity (Wildman–Crippen MR) is 182 cm³/mol. The maximum absolute atomic E-state index is 12.8. The van der Waals surface area contributed by atoms with Crippen LogP contribution in [0.15, 0.2) is 59.6 Å². The van der Waals surface area contributed by atoms with Gasteiger partial charge in [0.05, 0.1) is 19.0 Å². The molecule has 2 aromatic rings. The molecule has 1 heterocycles. The first-order valence-electron chi connectivity index (χ1n) is 15.4. The molecular formula is C34H52BrN3O2S. The molecule has 0 spiro atoms. The number of nitrogens with zero attached hydrogens (tertiary/aromatic N) is 2. The van der Waals surface area contributed by atoms with E-state index < -0.39 is 0 Å². The van der Waals surface area contributed by atoms with Crippen LogP contribution in [0.1, 0.15) is 102 Å². The SMILES string of the molecule is Br.CCCCCCCCCCCCCCOc1ccc(CN(C(=O)NC)c2cccc(CN3C=C(C)SC3)c2)cc1. The molecule has 0 aromatic heterocycles. The lowest BCUT2D eigenvalue weighted by atomic mass is 10.1. The number of unbranched alkanes of at least 4 members (excludes halogenated alkanes) is 11. The van der Waals surface area contributed by atoms with Crippen LogP contribution >= 0.6 is 28.7 Å². The van der Waals surface area contributed by atoms with Crippen molar-refractivity contribution >= 4 is 40.5 Å². The number of hydrogen-bond acceptors (Lipinski definition) is 4. The molecule has 0 saturated carbocycles. The lowest BCUT2D eigenvalue weighted by Crippen LogP contribution is -2.37. The molecule has 0 saturated heterocycles. The number of thioether (sulfide) groups is 1. The topological polar surface area (TPSA) is 44.8 Å². The molecule has 1 N–H and O–H groups in total. The number of halogens is 1. The Bertz CT molecular complexity index is 1030. The Kier molecular flexibility index (Phi) is 17.7. The summed E-state index contributed by atoms with van der Waals surface area (Å²) in [6.45, 7) is 6.52. The van der Waals surface area contributed by atoms with Crippen molar-refractivity contribution in [3.8, 4) is 5.75 Å².